The third-order valence-corrected chi connectivity index (χ3v) is 3.96. The summed E-state index contributed by atoms with van der Waals surface area (Å²) in [4.78, 5) is 0. The van der Waals surface area contributed by atoms with Crippen LogP contribution in [0.4, 0.5) is 5.69 Å². The lowest BCUT2D eigenvalue weighted by molar-refractivity contribution is 0.972. The van der Waals surface area contributed by atoms with Crippen molar-refractivity contribution in [2.75, 3.05) is 23.4 Å². The van der Waals surface area contributed by atoms with Crippen molar-refractivity contribution < 1.29 is 0 Å². The highest BCUT2D eigenvalue weighted by Gasteiger charge is 2.04. The van der Waals surface area contributed by atoms with E-state index < -0.39 is 0 Å². The third-order valence-electron chi connectivity index (χ3n) is 2.97. The van der Waals surface area contributed by atoms with Crippen molar-refractivity contribution in [3.05, 3.63) is 29.3 Å². The Bertz CT molecular complexity index is 300. The molecule has 0 aliphatic heterocycles. The zero-order valence-electron chi connectivity index (χ0n) is 11.4. The van der Waals surface area contributed by atoms with Crippen LogP contribution in [-0.2, 0) is 12.8 Å². The Kier molecular flexibility index (Phi) is 7.18. The summed E-state index contributed by atoms with van der Waals surface area (Å²) in [5.74, 6) is 2.49. The molecular formula is C15H25NS. The number of rotatable bonds is 8. The van der Waals surface area contributed by atoms with Crippen LogP contribution in [0.3, 0.4) is 0 Å². The van der Waals surface area contributed by atoms with Gasteiger partial charge in [-0.2, -0.15) is 11.8 Å². The van der Waals surface area contributed by atoms with Crippen molar-refractivity contribution in [3.8, 4) is 0 Å². The summed E-state index contributed by atoms with van der Waals surface area (Å²) < 4.78 is 0. The molecule has 0 amide bonds. The molecule has 0 atom stereocenters. The number of hydrogen-bond acceptors (Lipinski definition) is 2. The summed E-state index contributed by atoms with van der Waals surface area (Å²) in [7, 11) is 0. The second-order valence-electron chi connectivity index (χ2n) is 4.14. The lowest BCUT2D eigenvalue weighted by atomic mass is 10.0. The maximum atomic E-state index is 3.63. The molecule has 96 valence electrons. The molecule has 0 bridgehead atoms. The minimum Gasteiger partial charge on any atom is -0.385 e. The third kappa shape index (κ3) is 4.63. The molecular weight excluding hydrogens is 226 g/mol. The van der Waals surface area contributed by atoms with Gasteiger partial charge in [-0.15, -0.1) is 0 Å². The Morgan fingerprint density at radius 1 is 1.06 bits per heavy atom. The first-order valence-electron chi connectivity index (χ1n) is 6.75. The van der Waals surface area contributed by atoms with E-state index in [4.69, 9.17) is 0 Å². The van der Waals surface area contributed by atoms with Gasteiger partial charge in [-0.3, -0.25) is 0 Å². The van der Waals surface area contributed by atoms with Gasteiger partial charge in [-0.25, -0.2) is 0 Å². The van der Waals surface area contributed by atoms with E-state index in [0.717, 1.165) is 19.4 Å². The van der Waals surface area contributed by atoms with E-state index in [2.05, 4.69) is 44.3 Å². The smallest absolute Gasteiger partial charge is 0.0405 e. The van der Waals surface area contributed by atoms with E-state index in [9.17, 15) is 0 Å². The van der Waals surface area contributed by atoms with Crippen molar-refractivity contribution >= 4 is 17.4 Å². The minimum atomic E-state index is 1.09. The van der Waals surface area contributed by atoms with Crippen molar-refractivity contribution in [1.82, 2.24) is 0 Å². The number of benzene rings is 1. The van der Waals surface area contributed by atoms with E-state index >= 15 is 0 Å². The maximum absolute atomic E-state index is 3.63. The molecule has 0 aliphatic carbocycles. The number of hydrogen-bond donors (Lipinski definition) is 1. The molecule has 0 aromatic heterocycles. The molecule has 1 N–H and O–H groups in total. The van der Waals surface area contributed by atoms with E-state index in [-0.39, 0.29) is 0 Å². The molecule has 0 fully saturated rings. The van der Waals surface area contributed by atoms with Crippen LogP contribution in [0, 0.1) is 0 Å². The normalized spacial score (nSPS) is 10.5. The van der Waals surface area contributed by atoms with Gasteiger partial charge in [0.15, 0.2) is 0 Å². The zero-order valence-corrected chi connectivity index (χ0v) is 12.2. The first-order chi connectivity index (χ1) is 8.33. The molecule has 0 aliphatic rings. The number of anilines is 1. The van der Waals surface area contributed by atoms with Gasteiger partial charge >= 0.3 is 0 Å². The van der Waals surface area contributed by atoms with Crippen molar-refractivity contribution in [2.45, 2.75) is 40.0 Å². The molecule has 0 saturated carbocycles. The topological polar surface area (TPSA) is 12.0 Å². The van der Waals surface area contributed by atoms with Crippen LogP contribution >= 0.6 is 11.8 Å². The fraction of sp³-hybridized carbons (Fsp3) is 0.600. The number of thioether (sulfide) groups is 1. The zero-order chi connectivity index (χ0) is 12.5. The van der Waals surface area contributed by atoms with Crippen molar-refractivity contribution in [3.63, 3.8) is 0 Å². The summed E-state index contributed by atoms with van der Waals surface area (Å²) in [6.45, 7) is 7.77. The van der Waals surface area contributed by atoms with Crippen LogP contribution in [0.15, 0.2) is 18.2 Å². The number of aryl methyl sites for hydroxylation is 2. The molecule has 0 radical (unpaired) electrons. The fourth-order valence-electron chi connectivity index (χ4n) is 2.00. The first kappa shape index (κ1) is 14.4. The average molecular weight is 251 g/mol. The van der Waals surface area contributed by atoms with Crippen molar-refractivity contribution in [1.29, 1.82) is 0 Å². The highest BCUT2D eigenvalue weighted by Crippen LogP contribution is 2.22. The Morgan fingerprint density at radius 3 is 2.24 bits per heavy atom. The molecule has 1 aromatic carbocycles. The largest absolute Gasteiger partial charge is 0.385 e. The number of para-hydroxylation sites is 1. The van der Waals surface area contributed by atoms with Crippen LogP contribution < -0.4 is 5.32 Å². The van der Waals surface area contributed by atoms with Gasteiger partial charge in [-0.1, -0.05) is 39.0 Å². The Hall–Kier alpha value is -0.630. The summed E-state index contributed by atoms with van der Waals surface area (Å²) in [6.07, 6.45) is 3.47. The summed E-state index contributed by atoms with van der Waals surface area (Å²) >= 11 is 2.02. The summed E-state index contributed by atoms with van der Waals surface area (Å²) in [6, 6.07) is 6.65. The Balaban J connectivity index is 2.55. The van der Waals surface area contributed by atoms with E-state index in [1.807, 2.05) is 11.8 Å². The fourth-order valence-corrected chi connectivity index (χ4v) is 2.64. The molecule has 2 heteroatoms. The highest BCUT2D eigenvalue weighted by atomic mass is 32.2. The second-order valence-corrected chi connectivity index (χ2v) is 5.53. The molecule has 17 heavy (non-hydrogen) atoms. The van der Waals surface area contributed by atoms with Crippen LogP contribution in [0.5, 0.6) is 0 Å². The van der Waals surface area contributed by atoms with Crippen LogP contribution in [0.25, 0.3) is 0 Å². The molecule has 1 rings (SSSR count). The first-order valence-corrected chi connectivity index (χ1v) is 7.91. The minimum absolute atomic E-state index is 1.09. The predicted octanol–water partition coefficient (Wildman–Crippen LogP) is 4.37. The SMILES string of the molecule is CCSCCCNc1c(CC)cccc1CC. The summed E-state index contributed by atoms with van der Waals surface area (Å²) in [5.41, 5.74) is 4.29. The molecule has 0 spiro atoms. The van der Waals surface area contributed by atoms with Crippen LogP contribution in [0.1, 0.15) is 38.3 Å². The van der Waals surface area contributed by atoms with E-state index in [0.29, 0.717) is 0 Å². The monoisotopic (exact) mass is 251 g/mol. The standard InChI is InChI=1S/C15H25NS/c1-4-13-9-7-10-14(5-2)15(13)16-11-8-12-17-6-3/h7,9-10,16H,4-6,8,11-12H2,1-3H3. The lowest BCUT2D eigenvalue weighted by Gasteiger charge is -2.15. The van der Waals surface area contributed by atoms with Gasteiger partial charge in [0.05, 0.1) is 0 Å². The van der Waals surface area contributed by atoms with Crippen molar-refractivity contribution in [2.24, 2.45) is 0 Å². The van der Waals surface area contributed by atoms with Gasteiger partial charge in [-0.05, 0) is 41.9 Å². The van der Waals surface area contributed by atoms with Gasteiger partial charge in [0, 0.05) is 12.2 Å². The highest BCUT2D eigenvalue weighted by molar-refractivity contribution is 7.99. The van der Waals surface area contributed by atoms with Gasteiger partial charge in [0.25, 0.3) is 0 Å². The number of nitrogens with one attached hydrogen (secondary N) is 1. The van der Waals surface area contributed by atoms with Gasteiger partial charge in [0.2, 0.25) is 0 Å². The Labute approximate surface area is 110 Å². The molecule has 0 heterocycles. The second kappa shape index (κ2) is 8.46. The molecule has 1 aromatic rings. The van der Waals surface area contributed by atoms with Crippen LogP contribution in [0.2, 0.25) is 0 Å². The molecule has 1 nitrogen and oxygen atoms in total. The molecule has 0 unspecified atom stereocenters. The summed E-state index contributed by atoms with van der Waals surface area (Å²) in [5, 5.41) is 3.63. The van der Waals surface area contributed by atoms with Gasteiger partial charge in [0.1, 0.15) is 0 Å². The molecule has 0 saturated heterocycles. The quantitative estimate of drug-likeness (QED) is 0.689. The van der Waals surface area contributed by atoms with E-state index in [1.165, 1.54) is 34.7 Å². The Morgan fingerprint density at radius 2 is 1.71 bits per heavy atom. The maximum Gasteiger partial charge on any atom is 0.0405 e. The van der Waals surface area contributed by atoms with E-state index in [1.54, 1.807) is 0 Å². The average Bonchev–Trinajstić information content (AvgIpc) is 2.38. The van der Waals surface area contributed by atoms with Gasteiger partial charge < -0.3 is 5.32 Å². The van der Waals surface area contributed by atoms with Crippen LogP contribution in [-0.4, -0.2) is 18.1 Å². The lowest BCUT2D eigenvalue weighted by Crippen LogP contribution is -2.07. The predicted molar refractivity (Wildman–Crippen MR) is 81.3 cm³/mol.